The van der Waals surface area contributed by atoms with E-state index < -0.39 is 0 Å². The molecule has 11 aromatic carbocycles. The van der Waals surface area contributed by atoms with Crippen molar-refractivity contribution in [3.05, 3.63) is 198 Å². The van der Waals surface area contributed by atoms with Gasteiger partial charge in [-0.05, 0) is 135 Å². The van der Waals surface area contributed by atoms with Crippen LogP contribution in [0.3, 0.4) is 0 Å². The topological polar surface area (TPSA) is 22.0 Å². The Bertz CT molecular complexity index is 3790. The lowest BCUT2D eigenvalue weighted by Crippen LogP contribution is -2.22. The standard InChI is InChI=1S/C55H31NOS/c57-55-47-20-10-9-19-44(47)50-29-35(33-22-25-46-41-16-4-2-12-37(41)39-14-6-8-18-43(39)49(46)28-33)31-53-54(50)56(55)51-26-23-34(30-52(51)58-53)32-21-24-45-40-15-3-1-11-36(40)38-13-5-7-17-42(38)48(45)27-32/h1-31H. The van der Waals surface area contributed by atoms with Crippen LogP contribution in [0.25, 0.3) is 114 Å². The van der Waals surface area contributed by atoms with Gasteiger partial charge in [0.1, 0.15) is 0 Å². The van der Waals surface area contributed by atoms with E-state index in [1.807, 2.05) is 22.8 Å². The average molecular weight is 754 g/mol. The summed E-state index contributed by atoms with van der Waals surface area (Å²) in [5.74, 6) is 0. The second kappa shape index (κ2) is 11.9. The fourth-order valence-corrected chi connectivity index (χ4v) is 11.1. The van der Waals surface area contributed by atoms with Gasteiger partial charge in [0.15, 0.2) is 0 Å². The normalized spacial score (nSPS) is 12.5. The maximum atomic E-state index is 14.5. The zero-order valence-corrected chi connectivity index (χ0v) is 32.0. The monoisotopic (exact) mass is 753 g/mol. The molecule has 0 atom stereocenters. The quantitative estimate of drug-likeness (QED) is 0.164. The first kappa shape index (κ1) is 31.9. The molecule has 13 rings (SSSR count). The van der Waals surface area contributed by atoms with Crippen LogP contribution in [0, 0.1) is 0 Å². The molecule has 0 saturated carbocycles. The first-order chi connectivity index (χ1) is 28.7. The summed E-state index contributed by atoms with van der Waals surface area (Å²) in [7, 11) is 0. The van der Waals surface area contributed by atoms with Crippen molar-refractivity contribution in [1.82, 2.24) is 4.57 Å². The maximum absolute atomic E-state index is 14.5. The third-order valence-electron chi connectivity index (χ3n) is 12.5. The minimum absolute atomic E-state index is 0.0134. The minimum atomic E-state index is 0.0134. The Balaban J connectivity index is 1.02. The van der Waals surface area contributed by atoms with Gasteiger partial charge >= 0.3 is 0 Å². The second-order valence-corrected chi connectivity index (χ2v) is 16.6. The first-order valence-electron chi connectivity index (χ1n) is 19.8. The summed E-state index contributed by atoms with van der Waals surface area (Å²) in [6.07, 6.45) is 0. The van der Waals surface area contributed by atoms with E-state index in [1.54, 1.807) is 11.8 Å². The number of aromatic nitrogens is 1. The van der Waals surface area contributed by atoms with Gasteiger partial charge < -0.3 is 0 Å². The SMILES string of the molecule is O=c1c2ccccc2c2cc(-c3ccc4c5ccccc5c5ccccc5c4c3)cc3c2n1-c1ccc(-c2ccc4c5ccccc5c5ccccc5c4c2)cc1S3. The van der Waals surface area contributed by atoms with Crippen LogP contribution in [0.15, 0.2) is 203 Å². The molecule has 3 heteroatoms. The summed E-state index contributed by atoms with van der Waals surface area (Å²) in [4.78, 5) is 16.7. The van der Waals surface area contributed by atoms with E-state index in [9.17, 15) is 4.79 Å². The molecule has 12 aromatic rings. The highest BCUT2D eigenvalue weighted by molar-refractivity contribution is 7.99. The lowest BCUT2D eigenvalue weighted by molar-refractivity contribution is 1.00. The maximum Gasteiger partial charge on any atom is 0.263 e. The molecule has 0 aliphatic carbocycles. The van der Waals surface area contributed by atoms with Crippen LogP contribution in [-0.2, 0) is 0 Å². The Morgan fingerprint density at radius 3 is 1.14 bits per heavy atom. The predicted molar refractivity (Wildman–Crippen MR) is 247 cm³/mol. The molecule has 0 spiro atoms. The molecule has 0 unspecified atom stereocenters. The Morgan fingerprint density at radius 2 is 0.638 bits per heavy atom. The van der Waals surface area contributed by atoms with Crippen molar-refractivity contribution in [1.29, 1.82) is 0 Å². The molecule has 1 aliphatic rings. The predicted octanol–water partition coefficient (Wildman–Crippen LogP) is 14.9. The van der Waals surface area contributed by atoms with Gasteiger partial charge in [0, 0.05) is 20.6 Å². The van der Waals surface area contributed by atoms with Crippen molar-refractivity contribution in [2.24, 2.45) is 0 Å². The number of nitrogens with zero attached hydrogens (tertiary/aromatic N) is 1. The van der Waals surface area contributed by atoms with Gasteiger partial charge in [-0.3, -0.25) is 9.36 Å². The summed E-state index contributed by atoms with van der Waals surface area (Å²) >= 11 is 1.77. The molecule has 58 heavy (non-hydrogen) atoms. The Labute approximate surface area is 337 Å². The van der Waals surface area contributed by atoms with Gasteiger partial charge in [-0.25, -0.2) is 0 Å². The zero-order chi connectivity index (χ0) is 38.1. The molecule has 1 aliphatic heterocycles. The van der Waals surface area contributed by atoms with Crippen molar-refractivity contribution in [3.63, 3.8) is 0 Å². The van der Waals surface area contributed by atoms with Gasteiger partial charge in [0.05, 0.1) is 11.2 Å². The Kier molecular flexibility index (Phi) is 6.56. The van der Waals surface area contributed by atoms with E-state index in [4.69, 9.17) is 0 Å². The van der Waals surface area contributed by atoms with Gasteiger partial charge in [-0.15, -0.1) is 0 Å². The number of hydrogen-bond donors (Lipinski definition) is 0. The molecule has 2 nitrogen and oxygen atoms in total. The Hall–Kier alpha value is -7.20. The fourth-order valence-electron chi connectivity index (χ4n) is 9.90. The van der Waals surface area contributed by atoms with Crippen LogP contribution >= 0.6 is 11.8 Å². The number of rotatable bonds is 2. The van der Waals surface area contributed by atoms with Gasteiger partial charge in [0.25, 0.3) is 5.56 Å². The van der Waals surface area contributed by atoms with Crippen molar-refractivity contribution >= 4 is 98.1 Å². The van der Waals surface area contributed by atoms with E-state index in [1.165, 1.54) is 64.6 Å². The highest BCUT2D eigenvalue weighted by Gasteiger charge is 2.25. The molecular weight excluding hydrogens is 723 g/mol. The van der Waals surface area contributed by atoms with Crippen LogP contribution in [0.1, 0.15) is 0 Å². The summed E-state index contributed by atoms with van der Waals surface area (Å²) in [5.41, 5.74) is 6.49. The molecule has 0 fully saturated rings. The highest BCUT2D eigenvalue weighted by Crippen LogP contribution is 2.47. The van der Waals surface area contributed by atoms with Crippen molar-refractivity contribution in [2.75, 3.05) is 0 Å². The Morgan fingerprint density at radius 1 is 0.293 bits per heavy atom. The van der Waals surface area contributed by atoms with E-state index in [0.29, 0.717) is 0 Å². The first-order valence-corrected chi connectivity index (χ1v) is 20.6. The second-order valence-electron chi connectivity index (χ2n) is 15.5. The van der Waals surface area contributed by atoms with Crippen LogP contribution in [0.4, 0.5) is 0 Å². The van der Waals surface area contributed by atoms with E-state index in [0.717, 1.165) is 59.4 Å². The van der Waals surface area contributed by atoms with Gasteiger partial charge in [-0.2, -0.15) is 0 Å². The molecule has 0 radical (unpaired) electrons. The summed E-state index contributed by atoms with van der Waals surface area (Å²) in [6.45, 7) is 0. The molecule has 0 saturated heterocycles. The number of fused-ring (bicyclic) bond motifs is 16. The van der Waals surface area contributed by atoms with E-state index >= 15 is 0 Å². The zero-order valence-electron chi connectivity index (χ0n) is 31.2. The van der Waals surface area contributed by atoms with Crippen LogP contribution < -0.4 is 5.56 Å². The fraction of sp³-hybridized carbons (Fsp3) is 0. The van der Waals surface area contributed by atoms with E-state index in [-0.39, 0.29) is 5.56 Å². The number of pyridine rings is 1. The summed E-state index contributed by atoms with van der Waals surface area (Å²) in [5, 5.41) is 17.9. The highest BCUT2D eigenvalue weighted by atomic mass is 32.2. The number of benzene rings is 11. The molecule has 0 bridgehead atoms. The lowest BCUT2D eigenvalue weighted by Gasteiger charge is -2.25. The van der Waals surface area contributed by atoms with Crippen molar-refractivity contribution in [3.8, 4) is 27.9 Å². The molecule has 2 heterocycles. The molecule has 268 valence electrons. The number of hydrogen-bond acceptors (Lipinski definition) is 2. The van der Waals surface area contributed by atoms with Gasteiger partial charge in [-0.1, -0.05) is 157 Å². The molecule has 1 aromatic heterocycles. The van der Waals surface area contributed by atoms with Crippen molar-refractivity contribution in [2.45, 2.75) is 9.79 Å². The smallest absolute Gasteiger partial charge is 0.263 e. The van der Waals surface area contributed by atoms with Crippen molar-refractivity contribution < 1.29 is 0 Å². The van der Waals surface area contributed by atoms with Crippen LogP contribution in [0.5, 0.6) is 0 Å². The lowest BCUT2D eigenvalue weighted by atomic mass is 9.91. The summed E-state index contributed by atoms with van der Waals surface area (Å²) < 4.78 is 1.96. The molecule has 0 amide bonds. The van der Waals surface area contributed by atoms with Gasteiger partial charge in [0.2, 0.25) is 0 Å². The summed E-state index contributed by atoms with van der Waals surface area (Å²) in [6, 6.07) is 68.0. The van der Waals surface area contributed by atoms with E-state index in [2.05, 4.69) is 170 Å². The average Bonchev–Trinajstić information content (AvgIpc) is 3.29. The third kappa shape index (κ3) is 4.42. The largest absolute Gasteiger partial charge is 0.274 e. The van der Waals surface area contributed by atoms with Crippen LogP contribution in [0.2, 0.25) is 0 Å². The molecular formula is C55H31NOS. The minimum Gasteiger partial charge on any atom is -0.274 e. The van der Waals surface area contributed by atoms with Crippen LogP contribution in [-0.4, -0.2) is 4.57 Å². The molecule has 0 N–H and O–H groups in total. The third-order valence-corrected chi connectivity index (χ3v) is 13.6.